The van der Waals surface area contributed by atoms with Gasteiger partial charge >= 0.3 is 12.4 Å². The molecule has 1 heterocycles. The number of thioether (sulfide) groups is 1. The molecule has 0 radical (unpaired) electrons. The predicted octanol–water partition coefficient (Wildman–Crippen LogP) is 3.42. The van der Waals surface area contributed by atoms with Gasteiger partial charge in [0.15, 0.2) is 0 Å². The average Bonchev–Trinajstić information content (AvgIpc) is 2.48. The fraction of sp³-hybridized carbons (Fsp3) is 0.308. The van der Waals surface area contributed by atoms with E-state index in [-0.39, 0.29) is 15.9 Å². The van der Waals surface area contributed by atoms with E-state index in [1.54, 1.807) is 11.4 Å². The van der Waals surface area contributed by atoms with E-state index in [1.807, 2.05) is 0 Å². The highest BCUT2D eigenvalue weighted by atomic mass is 32.2. The van der Waals surface area contributed by atoms with E-state index in [9.17, 15) is 31.1 Å². The molecule has 1 aromatic carbocycles. The number of alkyl halides is 6. The summed E-state index contributed by atoms with van der Waals surface area (Å²) in [6.07, 6.45) is -9.34. The van der Waals surface area contributed by atoms with Crippen LogP contribution < -0.4 is 5.32 Å². The van der Waals surface area contributed by atoms with Crippen molar-refractivity contribution in [3.05, 3.63) is 30.1 Å². The molecule has 0 unspecified atom stereocenters. The molecule has 2 aromatic rings. The first-order valence-electron chi connectivity index (χ1n) is 6.36. The Morgan fingerprint density at radius 3 is 2.38 bits per heavy atom. The zero-order valence-electron chi connectivity index (χ0n) is 11.7. The normalized spacial score (nSPS) is 12.4. The van der Waals surface area contributed by atoms with Crippen molar-refractivity contribution in [1.82, 2.24) is 15.3 Å². The lowest BCUT2D eigenvalue weighted by Crippen LogP contribution is -2.34. The average molecular weight is 369 g/mol. The number of para-hydroxylation sites is 1. The largest absolute Gasteiger partial charge is 0.451 e. The first kappa shape index (κ1) is 18.3. The molecule has 0 aliphatic carbocycles. The first-order chi connectivity index (χ1) is 11.1. The lowest BCUT2D eigenvalue weighted by molar-refractivity contribution is -0.145. The van der Waals surface area contributed by atoms with E-state index in [4.69, 9.17) is 0 Å². The minimum absolute atomic E-state index is 0.0259. The molecule has 0 saturated heterocycles. The van der Waals surface area contributed by atoms with Crippen molar-refractivity contribution in [3.63, 3.8) is 0 Å². The van der Waals surface area contributed by atoms with Crippen molar-refractivity contribution in [3.8, 4) is 0 Å². The molecule has 1 amide bonds. The maximum atomic E-state index is 12.8. The summed E-state index contributed by atoms with van der Waals surface area (Å²) < 4.78 is 74.4. The number of amides is 1. The topological polar surface area (TPSA) is 54.9 Å². The molecule has 1 aromatic heterocycles. The molecule has 0 aliphatic heterocycles. The third-order valence-corrected chi connectivity index (χ3v) is 3.64. The highest BCUT2D eigenvalue weighted by Gasteiger charge is 2.35. The van der Waals surface area contributed by atoms with Crippen LogP contribution >= 0.6 is 11.8 Å². The second-order valence-electron chi connectivity index (χ2n) is 4.55. The summed E-state index contributed by atoms with van der Waals surface area (Å²) in [6, 6.07) is 5.85. The van der Waals surface area contributed by atoms with Gasteiger partial charge in [-0.05, 0) is 6.07 Å². The van der Waals surface area contributed by atoms with Gasteiger partial charge in [0, 0.05) is 5.39 Å². The molecule has 0 spiro atoms. The number of carbonyl (C=O) groups is 1. The number of aromatic nitrogens is 2. The predicted molar refractivity (Wildman–Crippen MR) is 74.3 cm³/mol. The van der Waals surface area contributed by atoms with Crippen molar-refractivity contribution < 1.29 is 31.1 Å². The van der Waals surface area contributed by atoms with Gasteiger partial charge in [0.1, 0.15) is 11.6 Å². The highest BCUT2D eigenvalue weighted by Crippen LogP contribution is 2.31. The van der Waals surface area contributed by atoms with Crippen LogP contribution in [-0.4, -0.2) is 34.3 Å². The number of nitrogens with one attached hydrogen (secondary N) is 1. The van der Waals surface area contributed by atoms with Crippen LogP contribution in [0.2, 0.25) is 0 Å². The van der Waals surface area contributed by atoms with Crippen molar-refractivity contribution >= 4 is 28.6 Å². The van der Waals surface area contributed by atoms with Crippen LogP contribution in [0.15, 0.2) is 29.3 Å². The fourth-order valence-corrected chi connectivity index (χ4v) is 2.52. The van der Waals surface area contributed by atoms with Gasteiger partial charge in [-0.15, -0.1) is 0 Å². The fourth-order valence-electron chi connectivity index (χ4n) is 1.67. The smallest absolute Gasteiger partial charge is 0.346 e. The molecule has 0 bridgehead atoms. The number of benzene rings is 1. The summed E-state index contributed by atoms with van der Waals surface area (Å²) >= 11 is 0.608. The van der Waals surface area contributed by atoms with Gasteiger partial charge in [-0.1, -0.05) is 30.0 Å². The minimum Gasteiger partial charge on any atom is -0.346 e. The van der Waals surface area contributed by atoms with Crippen LogP contribution in [0.3, 0.4) is 0 Å². The van der Waals surface area contributed by atoms with Gasteiger partial charge in [0.2, 0.25) is 11.7 Å². The molecule has 0 saturated carbocycles. The Morgan fingerprint density at radius 1 is 1.08 bits per heavy atom. The Morgan fingerprint density at radius 2 is 1.75 bits per heavy atom. The van der Waals surface area contributed by atoms with E-state index >= 15 is 0 Å². The molecule has 2 rings (SSSR count). The summed E-state index contributed by atoms with van der Waals surface area (Å²) in [5, 5.41) is 1.78. The monoisotopic (exact) mass is 369 g/mol. The maximum Gasteiger partial charge on any atom is 0.451 e. The third-order valence-electron chi connectivity index (χ3n) is 2.65. The molecule has 4 nitrogen and oxygen atoms in total. The van der Waals surface area contributed by atoms with E-state index in [0.29, 0.717) is 11.8 Å². The molecule has 1 N–H and O–H groups in total. The summed E-state index contributed by atoms with van der Waals surface area (Å²) in [6.45, 7) is -1.51. The zero-order chi connectivity index (χ0) is 18.0. The SMILES string of the molecule is O=C(CSc1nc(C(F)(F)F)nc2ccccc12)NCC(F)(F)F. The van der Waals surface area contributed by atoms with Crippen LogP contribution in [0.4, 0.5) is 26.3 Å². The quantitative estimate of drug-likeness (QED) is 0.510. The lowest BCUT2D eigenvalue weighted by Gasteiger charge is -2.11. The number of halogens is 6. The molecule has 0 fully saturated rings. The number of nitrogens with zero attached hydrogens (tertiary/aromatic N) is 2. The summed E-state index contributed by atoms with van der Waals surface area (Å²) in [5.74, 6) is -2.85. The van der Waals surface area contributed by atoms with Crippen molar-refractivity contribution in [2.75, 3.05) is 12.3 Å². The van der Waals surface area contributed by atoms with E-state index in [2.05, 4.69) is 9.97 Å². The van der Waals surface area contributed by atoms with Crippen LogP contribution in [0.5, 0.6) is 0 Å². The van der Waals surface area contributed by atoms with Crippen molar-refractivity contribution in [2.24, 2.45) is 0 Å². The maximum absolute atomic E-state index is 12.8. The number of hydrogen-bond donors (Lipinski definition) is 1. The summed E-state index contributed by atoms with van der Waals surface area (Å²) in [7, 11) is 0. The van der Waals surface area contributed by atoms with Crippen LogP contribution in [0, 0.1) is 0 Å². The Balaban J connectivity index is 2.20. The number of rotatable bonds is 4. The summed E-state index contributed by atoms with van der Waals surface area (Å²) in [5.41, 5.74) is 0.0259. The van der Waals surface area contributed by atoms with Gasteiger partial charge in [0.05, 0.1) is 11.3 Å². The molecular formula is C13H9F6N3OS. The molecule has 0 atom stereocenters. The Hall–Kier alpha value is -2.04. The molecular weight excluding hydrogens is 360 g/mol. The van der Waals surface area contributed by atoms with Crippen molar-refractivity contribution in [2.45, 2.75) is 17.4 Å². The van der Waals surface area contributed by atoms with Gasteiger partial charge in [-0.2, -0.15) is 26.3 Å². The van der Waals surface area contributed by atoms with Crippen molar-refractivity contribution in [1.29, 1.82) is 0 Å². The van der Waals surface area contributed by atoms with E-state index in [0.717, 1.165) is 0 Å². The molecule has 0 aliphatic rings. The first-order valence-corrected chi connectivity index (χ1v) is 7.35. The Kier molecular flexibility index (Phi) is 5.21. The highest BCUT2D eigenvalue weighted by molar-refractivity contribution is 8.00. The molecule has 130 valence electrons. The van der Waals surface area contributed by atoms with Gasteiger partial charge in [0.25, 0.3) is 0 Å². The lowest BCUT2D eigenvalue weighted by atomic mass is 10.2. The second-order valence-corrected chi connectivity index (χ2v) is 5.51. The number of hydrogen-bond acceptors (Lipinski definition) is 4. The summed E-state index contributed by atoms with van der Waals surface area (Å²) in [4.78, 5) is 18.2. The van der Waals surface area contributed by atoms with Gasteiger partial charge in [-0.25, -0.2) is 9.97 Å². The van der Waals surface area contributed by atoms with E-state index < -0.39 is 36.4 Å². The van der Waals surface area contributed by atoms with Gasteiger partial charge < -0.3 is 5.32 Å². The minimum atomic E-state index is -4.78. The van der Waals surface area contributed by atoms with E-state index in [1.165, 1.54) is 18.2 Å². The number of fused-ring (bicyclic) bond motifs is 1. The van der Waals surface area contributed by atoms with Crippen LogP contribution in [0.1, 0.15) is 5.82 Å². The molecule has 11 heteroatoms. The standard InChI is InChI=1S/C13H9F6N3OS/c14-12(15,16)6-20-9(23)5-24-10-7-3-1-2-4-8(7)21-11(22-10)13(17,18)19/h1-4H,5-6H2,(H,20,23). The Labute approximate surface area is 135 Å². The molecule has 24 heavy (non-hydrogen) atoms. The Bertz CT molecular complexity index is 747. The van der Waals surface area contributed by atoms with Crippen LogP contribution in [0.25, 0.3) is 10.9 Å². The van der Waals surface area contributed by atoms with Crippen LogP contribution in [-0.2, 0) is 11.0 Å². The number of carbonyl (C=O) groups excluding carboxylic acids is 1. The third kappa shape index (κ3) is 4.98. The zero-order valence-corrected chi connectivity index (χ0v) is 12.5. The second kappa shape index (κ2) is 6.83. The van der Waals surface area contributed by atoms with Gasteiger partial charge in [-0.3, -0.25) is 4.79 Å².